The van der Waals surface area contributed by atoms with Gasteiger partial charge >= 0.3 is 0 Å². The SMILES string of the molecule is CCCc1[nH]nc(C(=O)N2CC(C)SC(C)C2)c1N. The maximum Gasteiger partial charge on any atom is 0.276 e. The topological polar surface area (TPSA) is 75.0 Å². The van der Waals surface area contributed by atoms with Gasteiger partial charge in [0.15, 0.2) is 5.69 Å². The van der Waals surface area contributed by atoms with Crippen molar-refractivity contribution in [2.45, 2.75) is 44.1 Å². The third-order valence-electron chi connectivity index (χ3n) is 3.29. The Hall–Kier alpha value is -1.17. The molecular weight excluding hydrogens is 260 g/mol. The number of rotatable bonds is 3. The van der Waals surface area contributed by atoms with E-state index >= 15 is 0 Å². The van der Waals surface area contributed by atoms with Crippen LogP contribution in [-0.4, -0.2) is 44.6 Å². The number of nitrogens with one attached hydrogen (secondary N) is 1. The third-order valence-corrected chi connectivity index (χ3v) is 4.52. The van der Waals surface area contributed by atoms with Gasteiger partial charge in [0.05, 0.1) is 11.4 Å². The van der Waals surface area contributed by atoms with Crippen molar-refractivity contribution in [2.75, 3.05) is 18.8 Å². The summed E-state index contributed by atoms with van der Waals surface area (Å²) in [6, 6.07) is 0. The lowest BCUT2D eigenvalue weighted by atomic mass is 10.2. The van der Waals surface area contributed by atoms with Gasteiger partial charge in [-0.15, -0.1) is 0 Å². The number of nitrogens with two attached hydrogens (primary N) is 1. The Morgan fingerprint density at radius 2 is 2.11 bits per heavy atom. The van der Waals surface area contributed by atoms with Crippen molar-refractivity contribution in [1.29, 1.82) is 0 Å². The Morgan fingerprint density at radius 3 is 2.68 bits per heavy atom. The maximum atomic E-state index is 12.5. The standard InChI is InChI=1S/C13H22N4OS/c1-4-5-10-11(14)12(16-15-10)13(18)17-6-8(2)19-9(3)7-17/h8-9H,4-7,14H2,1-3H3,(H,15,16). The summed E-state index contributed by atoms with van der Waals surface area (Å²) in [6.45, 7) is 7.91. The van der Waals surface area contributed by atoms with Crippen LogP contribution in [0.1, 0.15) is 43.4 Å². The molecule has 106 valence electrons. The Kier molecular flexibility index (Phi) is 4.39. The highest BCUT2D eigenvalue weighted by Gasteiger charge is 2.29. The lowest BCUT2D eigenvalue weighted by Crippen LogP contribution is -2.44. The van der Waals surface area contributed by atoms with E-state index in [9.17, 15) is 4.79 Å². The number of aromatic nitrogens is 2. The summed E-state index contributed by atoms with van der Waals surface area (Å²) < 4.78 is 0. The summed E-state index contributed by atoms with van der Waals surface area (Å²) in [5, 5.41) is 7.92. The minimum atomic E-state index is -0.0462. The Balaban J connectivity index is 2.15. The first-order chi connectivity index (χ1) is 9.02. The molecule has 0 saturated carbocycles. The first kappa shape index (κ1) is 14.2. The van der Waals surface area contributed by atoms with Gasteiger partial charge in [-0.1, -0.05) is 27.2 Å². The minimum absolute atomic E-state index is 0.0462. The molecule has 1 aliphatic rings. The minimum Gasteiger partial charge on any atom is -0.395 e. The van der Waals surface area contributed by atoms with Gasteiger partial charge in [0.1, 0.15) is 0 Å². The molecule has 6 heteroatoms. The first-order valence-corrected chi connectivity index (χ1v) is 7.74. The van der Waals surface area contributed by atoms with E-state index in [1.54, 1.807) is 0 Å². The third kappa shape index (κ3) is 3.05. The van der Waals surface area contributed by atoms with Gasteiger partial charge in [-0.05, 0) is 6.42 Å². The molecule has 2 rings (SSSR count). The van der Waals surface area contributed by atoms with Crippen molar-refractivity contribution in [1.82, 2.24) is 15.1 Å². The molecule has 2 unspecified atom stereocenters. The van der Waals surface area contributed by atoms with Crippen LogP contribution in [0.5, 0.6) is 0 Å². The normalized spacial score (nSPS) is 23.6. The number of amides is 1. The largest absolute Gasteiger partial charge is 0.395 e. The summed E-state index contributed by atoms with van der Waals surface area (Å²) in [5.41, 5.74) is 7.80. The molecule has 1 fully saturated rings. The molecule has 3 N–H and O–H groups in total. The smallest absolute Gasteiger partial charge is 0.276 e. The highest BCUT2D eigenvalue weighted by molar-refractivity contribution is 8.00. The number of nitrogen functional groups attached to an aromatic ring is 1. The molecule has 1 saturated heterocycles. The average Bonchev–Trinajstić information content (AvgIpc) is 2.70. The summed E-state index contributed by atoms with van der Waals surface area (Å²) in [5.74, 6) is -0.0462. The number of hydrogen-bond donors (Lipinski definition) is 2. The average molecular weight is 282 g/mol. The monoisotopic (exact) mass is 282 g/mol. The van der Waals surface area contributed by atoms with E-state index in [0.717, 1.165) is 31.6 Å². The summed E-state index contributed by atoms with van der Waals surface area (Å²) >= 11 is 1.92. The number of anilines is 1. The van der Waals surface area contributed by atoms with Crippen LogP contribution in [0.15, 0.2) is 0 Å². The van der Waals surface area contributed by atoms with E-state index in [1.165, 1.54) is 0 Å². The second kappa shape index (κ2) is 5.86. The molecule has 19 heavy (non-hydrogen) atoms. The number of H-pyrrole nitrogens is 1. The van der Waals surface area contributed by atoms with Crippen molar-refractivity contribution in [3.8, 4) is 0 Å². The molecule has 2 heterocycles. The van der Waals surface area contributed by atoms with Crippen molar-refractivity contribution in [2.24, 2.45) is 0 Å². The van der Waals surface area contributed by atoms with E-state index in [2.05, 4.69) is 31.0 Å². The number of nitrogens with zero attached hydrogens (tertiary/aromatic N) is 2. The van der Waals surface area contributed by atoms with Crippen molar-refractivity contribution >= 4 is 23.4 Å². The molecule has 0 spiro atoms. The van der Waals surface area contributed by atoms with Crippen molar-refractivity contribution in [3.63, 3.8) is 0 Å². The van der Waals surface area contributed by atoms with Gasteiger partial charge in [-0.25, -0.2) is 0 Å². The zero-order valence-corrected chi connectivity index (χ0v) is 12.6. The predicted octanol–water partition coefficient (Wildman–Crippen LogP) is 1.91. The molecule has 0 aromatic carbocycles. The maximum absolute atomic E-state index is 12.5. The Morgan fingerprint density at radius 1 is 1.47 bits per heavy atom. The molecule has 5 nitrogen and oxygen atoms in total. The van der Waals surface area contributed by atoms with E-state index in [0.29, 0.717) is 21.9 Å². The van der Waals surface area contributed by atoms with Gasteiger partial charge < -0.3 is 10.6 Å². The second-order valence-corrected chi connectivity index (χ2v) is 7.06. The zero-order valence-electron chi connectivity index (χ0n) is 11.8. The second-order valence-electron chi connectivity index (χ2n) is 5.18. The van der Waals surface area contributed by atoms with Crippen LogP contribution in [0.3, 0.4) is 0 Å². The van der Waals surface area contributed by atoms with Crippen molar-refractivity contribution in [3.05, 3.63) is 11.4 Å². The van der Waals surface area contributed by atoms with Gasteiger partial charge in [0.2, 0.25) is 0 Å². The molecule has 0 bridgehead atoms. The number of hydrogen-bond acceptors (Lipinski definition) is 4. The van der Waals surface area contributed by atoms with E-state index in [-0.39, 0.29) is 5.91 Å². The van der Waals surface area contributed by atoms with Gasteiger partial charge in [0, 0.05) is 23.6 Å². The number of carbonyl (C=O) groups excluding carboxylic acids is 1. The van der Waals surface area contributed by atoms with Crippen LogP contribution >= 0.6 is 11.8 Å². The van der Waals surface area contributed by atoms with Crippen LogP contribution < -0.4 is 5.73 Å². The van der Waals surface area contributed by atoms with Crippen LogP contribution in [0.4, 0.5) is 5.69 Å². The Labute approximate surface area is 118 Å². The van der Waals surface area contributed by atoms with Crippen molar-refractivity contribution < 1.29 is 4.79 Å². The molecule has 0 radical (unpaired) electrons. The van der Waals surface area contributed by atoms with Gasteiger partial charge in [-0.3, -0.25) is 9.89 Å². The van der Waals surface area contributed by atoms with Crippen LogP contribution in [0.25, 0.3) is 0 Å². The number of aromatic amines is 1. The van der Waals surface area contributed by atoms with E-state index in [1.807, 2.05) is 16.7 Å². The zero-order chi connectivity index (χ0) is 14.0. The van der Waals surface area contributed by atoms with Crippen LogP contribution in [0.2, 0.25) is 0 Å². The lowest BCUT2D eigenvalue weighted by molar-refractivity contribution is 0.0748. The molecular formula is C13H22N4OS. The van der Waals surface area contributed by atoms with Crippen LogP contribution in [0, 0.1) is 0 Å². The summed E-state index contributed by atoms with van der Waals surface area (Å²) in [6.07, 6.45) is 1.81. The fraction of sp³-hybridized carbons (Fsp3) is 0.692. The molecule has 1 aliphatic heterocycles. The molecule has 1 aromatic heterocycles. The Bertz CT molecular complexity index is 449. The highest BCUT2D eigenvalue weighted by Crippen LogP contribution is 2.26. The summed E-state index contributed by atoms with van der Waals surface area (Å²) in [4.78, 5) is 14.4. The highest BCUT2D eigenvalue weighted by atomic mass is 32.2. The van der Waals surface area contributed by atoms with Crippen LogP contribution in [-0.2, 0) is 6.42 Å². The molecule has 2 atom stereocenters. The number of thioether (sulfide) groups is 1. The quantitative estimate of drug-likeness (QED) is 0.888. The number of carbonyl (C=O) groups is 1. The lowest BCUT2D eigenvalue weighted by Gasteiger charge is -2.34. The predicted molar refractivity (Wildman–Crippen MR) is 79.4 cm³/mol. The van der Waals surface area contributed by atoms with E-state index in [4.69, 9.17) is 5.73 Å². The fourth-order valence-corrected chi connectivity index (χ4v) is 3.81. The number of aryl methyl sites for hydroxylation is 1. The summed E-state index contributed by atoms with van der Waals surface area (Å²) in [7, 11) is 0. The molecule has 1 amide bonds. The molecule has 0 aliphatic carbocycles. The van der Waals surface area contributed by atoms with Gasteiger partial charge in [0.25, 0.3) is 5.91 Å². The van der Waals surface area contributed by atoms with E-state index < -0.39 is 0 Å². The van der Waals surface area contributed by atoms with Gasteiger partial charge in [-0.2, -0.15) is 16.9 Å². The first-order valence-electron chi connectivity index (χ1n) is 6.80. The molecule has 1 aromatic rings. The fourth-order valence-electron chi connectivity index (χ4n) is 2.48.